The molecule has 0 aliphatic carbocycles. The Kier molecular flexibility index (Phi) is 4.86. The van der Waals surface area contributed by atoms with Gasteiger partial charge < -0.3 is 4.90 Å². The van der Waals surface area contributed by atoms with Gasteiger partial charge in [0.05, 0.1) is 5.69 Å². The van der Waals surface area contributed by atoms with Crippen LogP contribution in [0.5, 0.6) is 0 Å². The molecule has 2 rings (SSSR count). The first-order valence-corrected chi connectivity index (χ1v) is 7.03. The van der Waals surface area contributed by atoms with Crippen LogP contribution in [0.25, 0.3) is 11.3 Å². The van der Waals surface area contributed by atoms with E-state index in [9.17, 15) is 0 Å². The van der Waals surface area contributed by atoms with Crippen molar-refractivity contribution in [1.82, 2.24) is 15.1 Å². The summed E-state index contributed by atoms with van der Waals surface area (Å²) in [5, 5.41) is 8.48. The number of benzene rings is 1. The summed E-state index contributed by atoms with van der Waals surface area (Å²) >= 11 is 12.1. The van der Waals surface area contributed by atoms with Gasteiger partial charge in [0.25, 0.3) is 0 Å². The first-order valence-electron chi connectivity index (χ1n) is 6.27. The summed E-state index contributed by atoms with van der Waals surface area (Å²) in [6, 6.07) is 5.49. The van der Waals surface area contributed by atoms with E-state index in [1.54, 1.807) is 6.07 Å². The van der Waals surface area contributed by atoms with Crippen LogP contribution in [0.4, 0.5) is 0 Å². The highest BCUT2D eigenvalue weighted by Crippen LogP contribution is 2.28. The second-order valence-electron chi connectivity index (χ2n) is 4.65. The lowest BCUT2D eigenvalue weighted by atomic mass is 10.1. The fraction of sp³-hybridized carbons (Fsp3) is 0.357. The fourth-order valence-corrected chi connectivity index (χ4v) is 2.65. The summed E-state index contributed by atoms with van der Waals surface area (Å²) in [6.45, 7) is 4.08. The largest absolute Gasteiger partial charge is 0.302 e. The highest BCUT2D eigenvalue weighted by atomic mass is 35.5. The quantitative estimate of drug-likeness (QED) is 0.896. The molecule has 0 fully saturated rings. The van der Waals surface area contributed by atoms with Gasteiger partial charge in [0, 0.05) is 33.9 Å². The van der Waals surface area contributed by atoms with Crippen molar-refractivity contribution < 1.29 is 0 Å². The highest BCUT2D eigenvalue weighted by Gasteiger charge is 2.11. The van der Waals surface area contributed by atoms with Crippen LogP contribution in [-0.4, -0.2) is 28.7 Å². The average molecular weight is 298 g/mol. The van der Waals surface area contributed by atoms with Gasteiger partial charge in [-0.15, -0.1) is 0 Å². The minimum Gasteiger partial charge on any atom is -0.302 e. The lowest BCUT2D eigenvalue weighted by molar-refractivity contribution is 0.328. The number of rotatable bonds is 5. The maximum atomic E-state index is 6.04. The summed E-state index contributed by atoms with van der Waals surface area (Å²) in [7, 11) is 2.10. The number of nitrogens with one attached hydrogen (secondary N) is 1. The molecule has 1 N–H and O–H groups in total. The van der Waals surface area contributed by atoms with Gasteiger partial charge >= 0.3 is 0 Å². The van der Waals surface area contributed by atoms with E-state index in [-0.39, 0.29) is 0 Å². The Hall–Kier alpha value is -1.03. The zero-order valence-electron chi connectivity index (χ0n) is 11.1. The lowest BCUT2D eigenvalue weighted by Gasteiger charge is -2.15. The van der Waals surface area contributed by atoms with E-state index in [0.29, 0.717) is 10.0 Å². The Morgan fingerprint density at radius 1 is 1.21 bits per heavy atom. The van der Waals surface area contributed by atoms with Crippen molar-refractivity contribution in [2.24, 2.45) is 0 Å². The number of hydrogen-bond donors (Lipinski definition) is 1. The third-order valence-corrected chi connectivity index (χ3v) is 3.34. The first-order chi connectivity index (χ1) is 9.10. The number of nitrogens with zero attached hydrogens (tertiary/aromatic N) is 2. The third kappa shape index (κ3) is 3.72. The second kappa shape index (κ2) is 6.42. The molecule has 2 aromatic rings. The Labute approximate surface area is 123 Å². The van der Waals surface area contributed by atoms with Gasteiger partial charge in [-0.3, -0.25) is 5.10 Å². The van der Waals surface area contributed by atoms with E-state index < -0.39 is 0 Å². The van der Waals surface area contributed by atoms with Crippen LogP contribution in [-0.2, 0) is 6.54 Å². The van der Waals surface area contributed by atoms with E-state index in [1.165, 1.54) is 0 Å². The van der Waals surface area contributed by atoms with Crippen LogP contribution in [0.1, 0.15) is 18.9 Å². The summed E-state index contributed by atoms with van der Waals surface area (Å²) in [6.07, 6.45) is 3.06. The monoisotopic (exact) mass is 297 g/mol. The molecule has 0 radical (unpaired) electrons. The van der Waals surface area contributed by atoms with Crippen LogP contribution >= 0.6 is 23.2 Å². The van der Waals surface area contributed by atoms with Crippen molar-refractivity contribution >= 4 is 23.2 Å². The summed E-state index contributed by atoms with van der Waals surface area (Å²) in [5.41, 5.74) is 3.00. The SMILES string of the molecule is CCCN(C)Cc1c[nH]nc1-c1cc(Cl)cc(Cl)c1. The molecule has 1 aromatic carbocycles. The van der Waals surface area contributed by atoms with Gasteiger partial charge in [-0.05, 0) is 38.2 Å². The lowest BCUT2D eigenvalue weighted by Crippen LogP contribution is -2.18. The molecule has 19 heavy (non-hydrogen) atoms. The van der Waals surface area contributed by atoms with E-state index in [2.05, 4.69) is 29.1 Å². The minimum absolute atomic E-state index is 0.623. The van der Waals surface area contributed by atoms with Crippen LogP contribution < -0.4 is 0 Å². The number of aromatic nitrogens is 2. The smallest absolute Gasteiger partial charge is 0.0966 e. The number of hydrogen-bond acceptors (Lipinski definition) is 2. The number of aromatic amines is 1. The van der Waals surface area contributed by atoms with Crippen molar-refractivity contribution in [1.29, 1.82) is 0 Å². The Morgan fingerprint density at radius 2 is 1.89 bits per heavy atom. The average Bonchev–Trinajstić information content (AvgIpc) is 2.76. The van der Waals surface area contributed by atoms with Crippen molar-refractivity contribution in [2.45, 2.75) is 19.9 Å². The Balaban J connectivity index is 2.28. The highest BCUT2D eigenvalue weighted by molar-refractivity contribution is 6.35. The van der Waals surface area contributed by atoms with Gasteiger partial charge in [-0.1, -0.05) is 30.1 Å². The molecule has 0 aliphatic heterocycles. The molecule has 5 heteroatoms. The van der Waals surface area contributed by atoms with Crippen LogP contribution in [0, 0.1) is 0 Å². The maximum Gasteiger partial charge on any atom is 0.0966 e. The van der Waals surface area contributed by atoms with Crippen molar-refractivity contribution in [3.05, 3.63) is 40.0 Å². The third-order valence-electron chi connectivity index (χ3n) is 2.90. The van der Waals surface area contributed by atoms with Gasteiger partial charge in [0.1, 0.15) is 0 Å². The normalized spacial score (nSPS) is 11.2. The first kappa shape index (κ1) is 14.4. The molecule has 0 aliphatic rings. The topological polar surface area (TPSA) is 31.9 Å². The van der Waals surface area contributed by atoms with Gasteiger partial charge in [0.2, 0.25) is 0 Å². The molecule has 1 aromatic heterocycles. The van der Waals surface area contributed by atoms with E-state index in [0.717, 1.165) is 36.3 Å². The fourth-order valence-electron chi connectivity index (χ4n) is 2.13. The predicted octanol–water partition coefficient (Wildman–Crippen LogP) is 4.23. The Bertz CT molecular complexity index is 531. The maximum absolute atomic E-state index is 6.04. The zero-order chi connectivity index (χ0) is 13.8. The molecule has 0 spiro atoms. The van der Waals surface area contributed by atoms with Gasteiger partial charge in [0.15, 0.2) is 0 Å². The van der Waals surface area contributed by atoms with Crippen molar-refractivity contribution in [3.8, 4) is 11.3 Å². The van der Waals surface area contributed by atoms with Gasteiger partial charge in [-0.2, -0.15) is 5.10 Å². The molecule has 0 saturated heterocycles. The van der Waals surface area contributed by atoms with E-state index in [1.807, 2.05) is 18.3 Å². The predicted molar refractivity (Wildman–Crippen MR) is 80.7 cm³/mol. The summed E-state index contributed by atoms with van der Waals surface area (Å²) in [5.74, 6) is 0. The molecule has 0 unspecified atom stereocenters. The van der Waals surface area contributed by atoms with Crippen LogP contribution in [0.2, 0.25) is 10.0 Å². The van der Waals surface area contributed by atoms with Gasteiger partial charge in [-0.25, -0.2) is 0 Å². The number of halogens is 2. The zero-order valence-corrected chi connectivity index (χ0v) is 12.6. The molecular weight excluding hydrogens is 281 g/mol. The van der Waals surface area contributed by atoms with Crippen molar-refractivity contribution in [3.63, 3.8) is 0 Å². The second-order valence-corrected chi connectivity index (χ2v) is 5.53. The molecule has 0 bridgehead atoms. The summed E-state index contributed by atoms with van der Waals surface area (Å²) in [4.78, 5) is 2.26. The minimum atomic E-state index is 0.623. The molecule has 102 valence electrons. The molecule has 0 amide bonds. The van der Waals surface area contributed by atoms with Crippen molar-refractivity contribution in [2.75, 3.05) is 13.6 Å². The number of H-pyrrole nitrogens is 1. The summed E-state index contributed by atoms with van der Waals surface area (Å²) < 4.78 is 0. The molecule has 3 nitrogen and oxygen atoms in total. The standard InChI is InChI=1S/C14H17Cl2N3/c1-3-4-19(2)9-11-8-17-18-14(11)10-5-12(15)7-13(16)6-10/h5-8H,3-4,9H2,1-2H3,(H,17,18). The van der Waals surface area contributed by atoms with E-state index in [4.69, 9.17) is 23.2 Å². The van der Waals surface area contributed by atoms with Crippen LogP contribution in [0.15, 0.2) is 24.4 Å². The molecule has 0 atom stereocenters. The molecule has 0 saturated carbocycles. The Morgan fingerprint density at radius 3 is 2.53 bits per heavy atom. The van der Waals surface area contributed by atoms with E-state index >= 15 is 0 Å². The molecular formula is C14H17Cl2N3. The van der Waals surface area contributed by atoms with Crippen LogP contribution in [0.3, 0.4) is 0 Å². The molecule has 1 heterocycles.